The number of likely N-dealkylation sites (tertiary alicyclic amines) is 1. The number of hydrogen-bond acceptors (Lipinski definition) is 2. The van der Waals surface area contributed by atoms with Crippen molar-refractivity contribution in [1.82, 2.24) is 5.43 Å². The van der Waals surface area contributed by atoms with E-state index < -0.39 is 0 Å². The Morgan fingerprint density at radius 2 is 1.76 bits per heavy atom. The smallest absolute Gasteiger partial charge is 0.243 e. The van der Waals surface area contributed by atoms with Gasteiger partial charge in [-0.2, -0.15) is 5.10 Å². The lowest BCUT2D eigenvalue weighted by Crippen LogP contribution is -3.11. The number of piperidine rings is 1. The molecule has 4 nitrogen and oxygen atoms in total. The van der Waals surface area contributed by atoms with Gasteiger partial charge < -0.3 is 4.90 Å². The Morgan fingerprint density at radius 3 is 2.52 bits per heavy atom. The van der Waals surface area contributed by atoms with Gasteiger partial charge in [0.1, 0.15) is 6.54 Å². The highest BCUT2D eigenvalue weighted by Gasteiger charge is 2.27. The molecule has 2 N–H and O–H groups in total. The number of rotatable bonds is 5. The lowest BCUT2D eigenvalue weighted by Gasteiger charge is -2.28. The maximum atomic E-state index is 12.5. The molecule has 0 spiro atoms. The van der Waals surface area contributed by atoms with E-state index in [1.165, 1.54) is 21.2 Å². The Hall–Kier alpha value is -2.69. The number of quaternary nitrogens is 1. The highest BCUT2D eigenvalue weighted by molar-refractivity contribution is 6.30. The molecule has 0 atom stereocenters. The van der Waals surface area contributed by atoms with E-state index in [4.69, 9.17) is 11.6 Å². The van der Waals surface area contributed by atoms with Gasteiger partial charge in [0.25, 0.3) is 0 Å². The molecule has 0 bridgehead atoms. The van der Waals surface area contributed by atoms with Crippen molar-refractivity contribution in [2.75, 3.05) is 13.1 Å². The van der Waals surface area contributed by atoms with Crippen LogP contribution in [0.5, 0.6) is 0 Å². The van der Waals surface area contributed by atoms with Crippen molar-refractivity contribution in [2.24, 2.45) is 11.0 Å². The predicted molar refractivity (Wildman–Crippen MR) is 118 cm³/mol. The summed E-state index contributed by atoms with van der Waals surface area (Å²) < 4.78 is 0. The van der Waals surface area contributed by atoms with Gasteiger partial charge in [0, 0.05) is 23.4 Å². The van der Waals surface area contributed by atoms with Crippen LogP contribution in [0.2, 0.25) is 5.02 Å². The molecule has 0 radical (unpaired) electrons. The molecule has 29 heavy (non-hydrogen) atoms. The highest BCUT2D eigenvalue weighted by Crippen LogP contribution is 2.15. The summed E-state index contributed by atoms with van der Waals surface area (Å²) in [6.07, 6.45) is 3.49. The van der Waals surface area contributed by atoms with Gasteiger partial charge in [0.05, 0.1) is 25.2 Å². The average Bonchev–Trinajstić information content (AvgIpc) is 2.76. The molecule has 5 heteroatoms. The molecule has 0 unspecified atom stereocenters. The van der Waals surface area contributed by atoms with Gasteiger partial charge in [0.15, 0.2) is 0 Å². The number of amides is 1. The van der Waals surface area contributed by atoms with Crippen LogP contribution >= 0.6 is 11.6 Å². The van der Waals surface area contributed by atoms with Crippen LogP contribution in [0.1, 0.15) is 24.0 Å². The summed E-state index contributed by atoms with van der Waals surface area (Å²) >= 11 is 5.95. The summed E-state index contributed by atoms with van der Waals surface area (Å²) in [5, 5.41) is 7.30. The fourth-order valence-electron chi connectivity index (χ4n) is 3.91. The number of carbonyl (C=O) groups excluding carboxylic acids is 1. The van der Waals surface area contributed by atoms with E-state index in [0.29, 0.717) is 0 Å². The number of benzene rings is 3. The van der Waals surface area contributed by atoms with Crippen molar-refractivity contribution >= 4 is 34.5 Å². The minimum atomic E-state index is 0.0209. The van der Waals surface area contributed by atoms with E-state index in [-0.39, 0.29) is 11.8 Å². The van der Waals surface area contributed by atoms with Gasteiger partial charge in [0.2, 0.25) is 5.91 Å². The number of nitrogens with zero attached hydrogens (tertiary/aromatic N) is 1. The van der Waals surface area contributed by atoms with E-state index in [1.807, 2.05) is 30.3 Å². The van der Waals surface area contributed by atoms with Crippen molar-refractivity contribution < 1.29 is 9.69 Å². The monoisotopic (exact) mass is 406 g/mol. The Kier molecular flexibility index (Phi) is 6.23. The fraction of sp³-hybridized carbons (Fsp3) is 0.250. The molecule has 1 aliphatic rings. The molecule has 0 aliphatic carbocycles. The first-order valence-electron chi connectivity index (χ1n) is 10.1. The zero-order chi connectivity index (χ0) is 20.1. The SMILES string of the molecule is O=C(N/N=C\c1ccc2ccccc2c1)C1CC[NH+](Cc2ccc(Cl)cc2)CC1. The topological polar surface area (TPSA) is 45.9 Å². The number of fused-ring (bicyclic) bond motifs is 1. The van der Waals surface area contributed by atoms with Crippen LogP contribution in [-0.2, 0) is 11.3 Å². The first kappa shape index (κ1) is 19.6. The first-order chi connectivity index (χ1) is 14.2. The lowest BCUT2D eigenvalue weighted by atomic mass is 9.96. The molecule has 0 aromatic heterocycles. The Bertz CT molecular complexity index is 1010. The molecule has 1 aliphatic heterocycles. The van der Waals surface area contributed by atoms with E-state index in [2.05, 4.69) is 46.9 Å². The number of hydrogen-bond donors (Lipinski definition) is 2. The first-order valence-corrected chi connectivity index (χ1v) is 10.4. The summed E-state index contributed by atoms with van der Waals surface area (Å²) in [5.41, 5.74) is 4.99. The van der Waals surface area contributed by atoms with Crippen LogP contribution in [0.3, 0.4) is 0 Å². The predicted octanol–water partition coefficient (Wildman–Crippen LogP) is 3.44. The van der Waals surface area contributed by atoms with Crippen molar-refractivity contribution in [3.63, 3.8) is 0 Å². The number of nitrogens with one attached hydrogen (secondary N) is 2. The van der Waals surface area contributed by atoms with Crippen molar-refractivity contribution in [3.8, 4) is 0 Å². The molecule has 1 saturated heterocycles. The van der Waals surface area contributed by atoms with Crippen molar-refractivity contribution in [2.45, 2.75) is 19.4 Å². The summed E-state index contributed by atoms with van der Waals surface area (Å²) in [6, 6.07) is 22.4. The zero-order valence-electron chi connectivity index (χ0n) is 16.3. The van der Waals surface area contributed by atoms with Crippen LogP contribution in [0.25, 0.3) is 10.8 Å². The molecule has 1 amide bonds. The number of halogens is 1. The molecule has 0 saturated carbocycles. The molecule has 1 heterocycles. The second-order valence-electron chi connectivity index (χ2n) is 7.67. The quantitative estimate of drug-likeness (QED) is 0.495. The normalized spacial score (nSPS) is 19.5. The molecule has 3 aromatic carbocycles. The van der Waals surface area contributed by atoms with E-state index in [1.54, 1.807) is 6.21 Å². The van der Waals surface area contributed by atoms with Crippen molar-refractivity contribution in [3.05, 3.63) is 82.9 Å². The summed E-state index contributed by atoms with van der Waals surface area (Å²) in [5.74, 6) is 0.0605. The third-order valence-corrected chi connectivity index (χ3v) is 5.84. The maximum absolute atomic E-state index is 12.5. The molecule has 1 fully saturated rings. The highest BCUT2D eigenvalue weighted by atomic mass is 35.5. The van der Waals surface area contributed by atoms with Crippen LogP contribution < -0.4 is 10.3 Å². The Balaban J connectivity index is 1.26. The molecule has 4 rings (SSSR count). The van der Waals surface area contributed by atoms with Crippen LogP contribution in [-0.4, -0.2) is 25.2 Å². The minimum Gasteiger partial charge on any atom is -0.331 e. The molecule has 148 valence electrons. The molecular weight excluding hydrogens is 382 g/mol. The molecule has 3 aromatic rings. The third kappa shape index (κ3) is 5.22. The van der Waals surface area contributed by atoms with Crippen LogP contribution in [0, 0.1) is 5.92 Å². The Morgan fingerprint density at radius 1 is 1.03 bits per heavy atom. The van der Waals surface area contributed by atoms with Gasteiger partial charge in [-0.1, -0.05) is 60.1 Å². The second kappa shape index (κ2) is 9.21. The average molecular weight is 407 g/mol. The van der Waals surface area contributed by atoms with Crippen LogP contribution in [0.4, 0.5) is 0 Å². The second-order valence-corrected chi connectivity index (χ2v) is 8.10. The van der Waals surface area contributed by atoms with Crippen LogP contribution in [0.15, 0.2) is 71.8 Å². The van der Waals surface area contributed by atoms with Gasteiger partial charge in [-0.3, -0.25) is 4.79 Å². The lowest BCUT2D eigenvalue weighted by molar-refractivity contribution is -0.919. The van der Waals surface area contributed by atoms with E-state index in [9.17, 15) is 4.79 Å². The van der Waals surface area contributed by atoms with E-state index in [0.717, 1.165) is 43.1 Å². The summed E-state index contributed by atoms with van der Waals surface area (Å²) in [6.45, 7) is 2.97. The summed E-state index contributed by atoms with van der Waals surface area (Å²) in [7, 11) is 0. The number of carbonyl (C=O) groups is 1. The van der Waals surface area contributed by atoms with Gasteiger partial charge in [-0.15, -0.1) is 0 Å². The largest absolute Gasteiger partial charge is 0.331 e. The fourth-order valence-corrected chi connectivity index (χ4v) is 4.03. The van der Waals surface area contributed by atoms with E-state index >= 15 is 0 Å². The van der Waals surface area contributed by atoms with Crippen molar-refractivity contribution in [1.29, 1.82) is 0 Å². The van der Waals surface area contributed by atoms with Gasteiger partial charge >= 0.3 is 0 Å². The van der Waals surface area contributed by atoms with Gasteiger partial charge in [-0.05, 0) is 34.5 Å². The Labute approximate surface area is 176 Å². The third-order valence-electron chi connectivity index (χ3n) is 5.59. The standard InChI is InChI=1S/C24H24ClN3O/c25-23-9-6-18(7-10-23)17-28-13-11-21(12-14-28)24(29)27-26-16-19-5-8-20-3-1-2-4-22(20)15-19/h1-10,15-16,21H,11-14,17H2,(H,27,29)/p+1/b26-16-. The molecular formula is C24H25ClN3O+. The minimum absolute atomic E-state index is 0.0209. The maximum Gasteiger partial charge on any atom is 0.243 e. The number of hydrazone groups is 1. The summed E-state index contributed by atoms with van der Waals surface area (Å²) in [4.78, 5) is 14.0. The zero-order valence-corrected chi connectivity index (χ0v) is 17.0. The van der Waals surface area contributed by atoms with Gasteiger partial charge in [-0.25, -0.2) is 5.43 Å².